The van der Waals surface area contributed by atoms with Gasteiger partial charge in [-0.05, 0) is 12.1 Å². The first-order valence-electron chi connectivity index (χ1n) is 3.03. The maximum Gasteiger partial charge on any atom is 0.359 e. The Balaban J connectivity index is 2.87. The van der Waals surface area contributed by atoms with Gasteiger partial charge < -0.3 is 9.94 Å². The number of nitrogens with zero attached hydrogens (tertiary/aromatic N) is 3. The maximum absolute atomic E-state index is 10.4. The third kappa shape index (κ3) is 1.46. The van der Waals surface area contributed by atoms with Gasteiger partial charge in [0.2, 0.25) is 5.69 Å². The lowest BCUT2D eigenvalue weighted by atomic mass is 10.5. The zero-order valence-electron chi connectivity index (χ0n) is 5.89. The molecule has 60 valence electrons. The van der Waals surface area contributed by atoms with E-state index in [4.69, 9.17) is 9.94 Å². The molecule has 0 aliphatic heterocycles. The summed E-state index contributed by atoms with van der Waals surface area (Å²) >= 11 is 0. The van der Waals surface area contributed by atoms with Crippen LogP contribution in [0.2, 0.25) is 0 Å². The molecule has 0 atom stereocenters. The van der Waals surface area contributed by atoms with Crippen molar-refractivity contribution in [2.75, 3.05) is 6.61 Å². The lowest BCUT2D eigenvalue weighted by Crippen LogP contribution is -2.18. The summed E-state index contributed by atoms with van der Waals surface area (Å²) in [6.45, 7) is 2.08. The summed E-state index contributed by atoms with van der Waals surface area (Å²) in [7, 11) is 0. The van der Waals surface area contributed by atoms with Crippen molar-refractivity contribution in [1.29, 1.82) is 0 Å². The standard InChI is InChI=1S/C5H7N3O3/c1-2-11-8-4(5(9)10)3-6-7-8/h3H,2H2,1H3,(H,9,10). The van der Waals surface area contributed by atoms with Crippen LogP contribution in [0, 0.1) is 0 Å². The van der Waals surface area contributed by atoms with Crippen LogP contribution in [0.1, 0.15) is 17.4 Å². The van der Waals surface area contributed by atoms with E-state index in [1.165, 1.54) is 0 Å². The zero-order valence-corrected chi connectivity index (χ0v) is 5.89. The Morgan fingerprint density at radius 3 is 3.18 bits per heavy atom. The molecule has 1 rings (SSSR count). The molecule has 0 saturated heterocycles. The van der Waals surface area contributed by atoms with E-state index >= 15 is 0 Å². The Labute approximate surface area is 62.3 Å². The van der Waals surface area contributed by atoms with Gasteiger partial charge in [0.05, 0.1) is 6.20 Å². The Kier molecular flexibility index (Phi) is 2.05. The van der Waals surface area contributed by atoms with Crippen molar-refractivity contribution in [3.8, 4) is 0 Å². The van der Waals surface area contributed by atoms with E-state index in [9.17, 15) is 4.79 Å². The Morgan fingerprint density at radius 1 is 1.91 bits per heavy atom. The smallest absolute Gasteiger partial charge is 0.359 e. The van der Waals surface area contributed by atoms with Crippen molar-refractivity contribution in [3.05, 3.63) is 11.9 Å². The number of aromatic carboxylic acids is 1. The van der Waals surface area contributed by atoms with Gasteiger partial charge >= 0.3 is 5.97 Å². The zero-order chi connectivity index (χ0) is 8.27. The minimum absolute atomic E-state index is 0.0770. The van der Waals surface area contributed by atoms with Crippen LogP contribution in [0.25, 0.3) is 0 Å². The summed E-state index contributed by atoms with van der Waals surface area (Å²) in [5.74, 6) is -1.11. The average molecular weight is 157 g/mol. The summed E-state index contributed by atoms with van der Waals surface area (Å²) in [4.78, 5) is 16.1. The number of carbonyl (C=O) groups is 1. The minimum Gasteiger partial charge on any atom is -0.476 e. The van der Waals surface area contributed by atoms with Crippen molar-refractivity contribution >= 4 is 5.97 Å². The predicted octanol–water partition coefficient (Wildman–Crippen LogP) is -0.575. The van der Waals surface area contributed by atoms with Crippen molar-refractivity contribution in [2.45, 2.75) is 6.92 Å². The van der Waals surface area contributed by atoms with Crippen LogP contribution in [0.15, 0.2) is 6.20 Å². The molecule has 1 aromatic rings. The molecule has 1 N–H and O–H groups in total. The maximum atomic E-state index is 10.4. The molecule has 0 aliphatic carbocycles. The quantitative estimate of drug-likeness (QED) is 0.635. The summed E-state index contributed by atoms with van der Waals surface area (Å²) < 4.78 is 0. The summed E-state index contributed by atoms with van der Waals surface area (Å²) in [5.41, 5.74) is -0.0770. The summed E-state index contributed by atoms with van der Waals surface area (Å²) in [5, 5.41) is 15.3. The van der Waals surface area contributed by atoms with Gasteiger partial charge in [0.25, 0.3) is 0 Å². The van der Waals surface area contributed by atoms with Crippen molar-refractivity contribution in [3.63, 3.8) is 0 Å². The number of carboxylic acids is 1. The molecule has 6 heteroatoms. The molecule has 1 aromatic heterocycles. The molecular weight excluding hydrogens is 150 g/mol. The first-order chi connectivity index (χ1) is 5.25. The highest BCUT2D eigenvalue weighted by molar-refractivity contribution is 5.84. The number of carboxylic acid groups (broad SMARTS) is 1. The second kappa shape index (κ2) is 3.00. The fraction of sp³-hybridized carbons (Fsp3) is 0.400. The second-order valence-corrected chi connectivity index (χ2v) is 1.72. The third-order valence-electron chi connectivity index (χ3n) is 0.989. The van der Waals surface area contributed by atoms with Gasteiger partial charge in [0, 0.05) is 0 Å². The Bertz CT molecular complexity index is 257. The van der Waals surface area contributed by atoms with Gasteiger partial charge in [-0.1, -0.05) is 4.85 Å². The van der Waals surface area contributed by atoms with Gasteiger partial charge in [-0.25, -0.2) is 4.79 Å². The average Bonchev–Trinajstić information content (AvgIpc) is 2.36. The van der Waals surface area contributed by atoms with Crippen LogP contribution in [0.3, 0.4) is 0 Å². The molecule has 0 bridgehead atoms. The number of aromatic nitrogens is 3. The van der Waals surface area contributed by atoms with Crippen molar-refractivity contribution < 1.29 is 14.7 Å². The highest BCUT2D eigenvalue weighted by Gasteiger charge is 2.11. The molecule has 0 aliphatic rings. The number of hydrogen-bond donors (Lipinski definition) is 1. The van der Waals surface area contributed by atoms with E-state index in [0.717, 1.165) is 11.0 Å². The molecule has 0 spiro atoms. The van der Waals surface area contributed by atoms with Gasteiger partial charge in [-0.3, -0.25) is 0 Å². The Hall–Kier alpha value is -1.59. The topological polar surface area (TPSA) is 77.2 Å². The van der Waals surface area contributed by atoms with Gasteiger partial charge in [0.15, 0.2) is 0 Å². The normalized spacial score (nSPS) is 9.55. The first kappa shape index (κ1) is 7.52. The van der Waals surface area contributed by atoms with Gasteiger partial charge in [0.1, 0.15) is 6.61 Å². The van der Waals surface area contributed by atoms with Crippen LogP contribution in [-0.2, 0) is 0 Å². The second-order valence-electron chi connectivity index (χ2n) is 1.72. The van der Waals surface area contributed by atoms with Crippen LogP contribution in [0.5, 0.6) is 0 Å². The van der Waals surface area contributed by atoms with E-state index in [0.29, 0.717) is 6.61 Å². The fourth-order valence-corrected chi connectivity index (χ4v) is 0.580. The monoisotopic (exact) mass is 157 g/mol. The van der Waals surface area contributed by atoms with E-state index in [-0.39, 0.29) is 5.69 Å². The molecule has 0 aromatic carbocycles. The van der Waals surface area contributed by atoms with Crippen molar-refractivity contribution in [2.24, 2.45) is 0 Å². The summed E-state index contributed by atoms with van der Waals surface area (Å²) in [6.07, 6.45) is 1.12. The van der Waals surface area contributed by atoms with Gasteiger partial charge in [-0.15, -0.1) is 5.10 Å². The lowest BCUT2D eigenvalue weighted by molar-refractivity contribution is 0.0537. The molecule has 0 fully saturated rings. The molecule has 1 heterocycles. The largest absolute Gasteiger partial charge is 0.476 e. The first-order valence-corrected chi connectivity index (χ1v) is 3.03. The van der Waals surface area contributed by atoms with Crippen LogP contribution < -0.4 is 4.84 Å². The highest BCUT2D eigenvalue weighted by Crippen LogP contribution is 1.92. The van der Waals surface area contributed by atoms with Crippen LogP contribution >= 0.6 is 0 Å². The molecule has 0 amide bonds. The molecule has 0 unspecified atom stereocenters. The Morgan fingerprint density at radius 2 is 2.64 bits per heavy atom. The molecule has 6 nitrogen and oxygen atoms in total. The lowest BCUT2D eigenvalue weighted by Gasteiger charge is -2.00. The SMILES string of the molecule is CCOn1nncc1C(=O)O. The molecule has 0 saturated carbocycles. The van der Waals surface area contributed by atoms with E-state index in [1.54, 1.807) is 6.92 Å². The van der Waals surface area contributed by atoms with E-state index in [1.807, 2.05) is 0 Å². The highest BCUT2D eigenvalue weighted by atomic mass is 16.7. The fourth-order valence-electron chi connectivity index (χ4n) is 0.580. The molecular formula is C5H7N3O3. The number of rotatable bonds is 3. The third-order valence-corrected chi connectivity index (χ3v) is 0.989. The van der Waals surface area contributed by atoms with Crippen LogP contribution in [0.4, 0.5) is 0 Å². The van der Waals surface area contributed by atoms with Crippen LogP contribution in [-0.4, -0.2) is 32.8 Å². The minimum atomic E-state index is -1.11. The number of hydrogen-bond acceptors (Lipinski definition) is 4. The van der Waals surface area contributed by atoms with Gasteiger partial charge in [-0.2, -0.15) is 0 Å². The van der Waals surface area contributed by atoms with E-state index < -0.39 is 5.97 Å². The molecule has 0 radical (unpaired) electrons. The predicted molar refractivity (Wildman–Crippen MR) is 34.1 cm³/mol. The van der Waals surface area contributed by atoms with E-state index in [2.05, 4.69) is 10.3 Å². The molecule has 11 heavy (non-hydrogen) atoms. The van der Waals surface area contributed by atoms with Crippen molar-refractivity contribution in [1.82, 2.24) is 15.2 Å². The summed E-state index contributed by atoms with van der Waals surface area (Å²) in [6, 6.07) is 0.